The Labute approximate surface area is 337 Å². The predicted octanol–water partition coefficient (Wildman–Crippen LogP) is 16.3. The highest BCUT2D eigenvalue weighted by Crippen LogP contribution is 2.70. The van der Waals surface area contributed by atoms with E-state index in [4.69, 9.17) is 0 Å². The molecule has 306 valence electrons. The molecule has 8 aliphatic carbocycles. The van der Waals surface area contributed by atoms with Gasteiger partial charge >= 0.3 is 0 Å². The first-order chi connectivity index (χ1) is 25.7. The first kappa shape index (κ1) is 40.3. The summed E-state index contributed by atoms with van der Waals surface area (Å²) >= 11 is 0. The van der Waals surface area contributed by atoms with Gasteiger partial charge in [-0.05, 0) is 207 Å². The fourth-order valence-corrected chi connectivity index (χ4v) is 18.2. The van der Waals surface area contributed by atoms with Gasteiger partial charge in [-0.3, -0.25) is 0 Å². The number of fused-ring (bicyclic) bond motifs is 10. The minimum atomic E-state index is 0.502. The molecule has 16 atom stereocenters. The zero-order chi connectivity index (χ0) is 38.2. The fraction of sp³-hybridized carbons (Fsp3) is 0.926. The summed E-state index contributed by atoms with van der Waals surface area (Å²) in [6, 6.07) is 0. The average molecular weight is 739 g/mol. The van der Waals surface area contributed by atoms with Crippen LogP contribution in [0.15, 0.2) is 23.3 Å². The van der Waals surface area contributed by atoms with E-state index in [2.05, 4.69) is 81.4 Å². The molecule has 8 rings (SSSR count). The first-order valence-corrected chi connectivity index (χ1v) is 25.1. The van der Waals surface area contributed by atoms with E-state index >= 15 is 0 Å². The summed E-state index contributed by atoms with van der Waals surface area (Å²) in [5.41, 5.74) is 6.13. The maximum absolute atomic E-state index is 2.90. The van der Waals surface area contributed by atoms with Crippen LogP contribution in [0.5, 0.6) is 0 Å². The van der Waals surface area contributed by atoms with Crippen LogP contribution < -0.4 is 0 Å². The number of allylic oxidation sites excluding steroid dienone is 4. The molecule has 0 amide bonds. The topological polar surface area (TPSA) is 0 Å². The normalized spacial score (nSPS) is 48.1. The van der Waals surface area contributed by atoms with Gasteiger partial charge < -0.3 is 0 Å². The molecule has 0 spiro atoms. The van der Waals surface area contributed by atoms with E-state index in [-0.39, 0.29) is 0 Å². The van der Waals surface area contributed by atoms with Gasteiger partial charge in [0.15, 0.2) is 0 Å². The smallest absolute Gasteiger partial charge is 0.00851 e. The van der Waals surface area contributed by atoms with Crippen molar-refractivity contribution in [2.45, 2.75) is 210 Å². The van der Waals surface area contributed by atoms with Crippen molar-refractivity contribution in [1.82, 2.24) is 0 Å². The Hall–Kier alpha value is -0.520. The van der Waals surface area contributed by atoms with Gasteiger partial charge in [-0.1, -0.05) is 131 Å². The lowest BCUT2D eigenvalue weighted by atomic mass is 9.44. The van der Waals surface area contributed by atoms with Crippen molar-refractivity contribution >= 4 is 0 Å². The van der Waals surface area contributed by atoms with Gasteiger partial charge in [0.1, 0.15) is 0 Å². The van der Waals surface area contributed by atoms with Crippen LogP contribution in [-0.2, 0) is 0 Å². The lowest BCUT2D eigenvalue weighted by molar-refractivity contribution is -0.0611. The van der Waals surface area contributed by atoms with E-state index < -0.39 is 0 Å². The molecule has 8 aliphatic rings. The van der Waals surface area contributed by atoms with Crippen LogP contribution in [-0.4, -0.2) is 0 Å². The largest absolute Gasteiger partial charge is 0.0845 e. The van der Waals surface area contributed by atoms with E-state index in [0.717, 1.165) is 82.9 Å². The lowest BCUT2D eigenvalue weighted by Crippen LogP contribution is -2.51. The second-order valence-corrected chi connectivity index (χ2v) is 24.6. The third-order valence-corrected chi connectivity index (χ3v) is 21.4. The van der Waals surface area contributed by atoms with Crippen LogP contribution in [0.1, 0.15) is 210 Å². The molecule has 0 aliphatic heterocycles. The highest BCUT2D eigenvalue weighted by molar-refractivity contribution is 5.28. The standard InChI is InChI=1S/C54H90/c1-35(2)13-11-15-37(5)45-21-23-47-43-19-17-41-33-39(25-29-51(41,7)49(43)27-31-53(45,47)9)40-26-30-52(8)42(34-40)18-20-44-48-24-22-46(38(6)16-12-14-36(3)4)54(48,10)32-28-50(44)52/h17-18,35-40,43-50H,11-16,19-34H2,1-10H3/t37-,38-,39?,40?,43+,44?,45-,46-,47+,48?,49+,50?,51+,52+,53-,54-/m1/s1. The van der Waals surface area contributed by atoms with E-state index in [0.29, 0.717) is 21.7 Å². The molecule has 54 heavy (non-hydrogen) atoms. The Balaban J connectivity index is 0.902. The van der Waals surface area contributed by atoms with E-state index in [1.807, 2.05) is 11.1 Å². The maximum Gasteiger partial charge on any atom is -0.00851 e. The number of hydrogen-bond donors (Lipinski definition) is 0. The second kappa shape index (κ2) is 15.3. The van der Waals surface area contributed by atoms with Gasteiger partial charge in [0.2, 0.25) is 0 Å². The Bertz CT molecular complexity index is 1270. The van der Waals surface area contributed by atoms with Crippen molar-refractivity contribution in [3.8, 4) is 0 Å². The van der Waals surface area contributed by atoms with E-state index in [1.54, 1.807) is 0 Å². The average Bonchev–Trinajstić information content (AvgIpc) is 3.67. The molecule has 0 bridgehead atoms. The van der Waals surface area contributed by atoms with Crippen molar-refractivity contribution in [2.24, 2.45) is 105 Å². The van der Waals surface area contributed by atoms with Crippen LogP contribution in [0.3, 0.4) is 0 Å². The summed E-state index contributed by atoms with van der Waals surface area (Å²) in [5, 5.41) is 0. The van der Waals surface area contributed by atoms with Crippen molar-refractivity contribution in [2.75, 3.05) is 0 Å². The summed E-state index contributed by atoms with van der Waals surface area (Å²) in [6.45, 7) is 26.1. The van der Waals surface area contributed by atoms with Gasteiger partial charge in [-0.25, -0.2) is 0 Å². The number of hydrogen-bond acceptors (Lipinski definition) is 0. The molecule has 5 unspecified atom stereocenters. The maximum atomic E-state index is 2.90. The van der Waals surface area contributed by atoms with Gasteiger partial charge in [0.25, 0.3) is 0 Å². The van der Waals surface area contributed by atoms with Crippen LogP contribution in [0.4, 0.5) is 0 Å². The molecule has 6 saturated carbocycles. The fourth-order valence-electron chi connectivity index (χ4n) is 18.2. The molecule has 0 aromatic rings. The van der Waals surface area contributed by atoms with Gasteiger partial charge in [0.05, 0.1) is 0 Å². The molecule has 0 nitrogen and oxygen atoms in total. The summed E-state index contributed by atoms with van der Waals surface area (Å²) in [4.78, 5) is 0. The van der Waals surface area contributed by atoms with Gasteiger partial charge in [-0.2, -0.15) is 0 Å². The quantitative estimate of drug-likeness (QED) is 0.185. The summed E-state index contributed by atoms with van der Waals surface area (Å²) in [5.74, 6) is 13.3. The molecule has 0 radical (unpaired) electrons. The highest BCUT2D eigenvalue weighted by atomic mass is 14.7. The molecule has 0 aromatic heterocycles. The van der Waals surface area contributed by atoms with Crippen molar-refractivity contribution in [3.63, 3.8) is 0 Å². The zero-order valence-corrected chi connectivity index (χ0v) is 37.8. The minimum absolute atomic E-state index is 0.502. The van der Waals surface area contributed by atoms with Crippen molar-refractivity contribution in [3.05, 3.63) is 23.3 Å². The Morgan fingerprint density at radius 1 is 0.481 bits per heavy atom. The van der Waals surface area contributed by atoms with Crippen LogP contribution in [0.25, 0.3) is 0 Å². The Kier molecular flexibility index (Phi) is 11.4. The Morgan fingerprint density at radius 2 is 0.889 bits per heavy atom. The summed E-state index contributed by atoms with van der Waals surface area (Å²) in [7, 11) is 0. The van der Waals surface area contributed by atoms with Crippen LogP contribution in [0, 0.1) is 105 Å². The van der Waals surface area contributed by atoms with Crippen molar-refractivity contribution < 1.29 is 0 Å². The predicted molar refractivity (Wildman–Crippen MR) is 233 cm³/mol. The zero-order valence-electron chi connectivity index (χ0n) is 37.8. The first-order valence-electron chi connectivity index (χ1n) is 25.1. The molecule has 6 fully saturated rings. The monoisotopic (exact) mass is 739 g/mol. The summed E-state index contributed by atoms with van der Waals surface area (Å²) in [6.07, 6.45) is 38.5. The van der Waals surface area contributed by atoms with Crippen LogP contribution >= 0.6 is 0 Å². The molecule has 0 N–H and O–H groups in total. The molecule has 0 heteroatoms. The van der Waals surface area contributed by atoms with E-state index in [1.165, 1.54) is 141 Å². The molecule has 0 saturated heterocycles. The highest BCUT2D eigenvalue weighted by Gasteiger charge is 2.61. The minimum Gasteiger partial charge on any atom is -0.0845 e. The second-order valence-electron chi connectivity index (χ2n) is 24.6. The molecule has 0 aromatic carbocycles. The van der Waals surface area contributed by atoms with Crippen LogP contribution in [0.2, 0.25) is 0 Å². The van der Waals surface area contributed by atoms with Gasteiger partial charge in [0, 0.05) is 0 Å². The SMILES string of the molecule is CC(C)CCC[C@@H](C)[C@H]1CC[C@H]2[C@@H]3CC=C4CC(C5CC[C@@]6(C)C(=CCC7C6CC[C@@]6(C)C7CC[C@@H]6[C@H](C)CCCC(C)C)C5)CC[C@]4(C)[C@H]3CC[C@]12C. The number of rotatable bonds is 11. The van der Waals surface area contributed by atoms with Crippen molar-refractivity contribution in [1.29, 1.82) is 0 Å². The Morgan fingerprint density at radius 3 is 1.28 bits per heavy atom. The van der Waals surface area contributed by atoms with Gasteiger partial charge in [-0.15, -0.1) is 0 Å². The lowest BCUT2D eigenvalue weighted by Gasteiger charge is -2.60. The molecular weight excluding hydrogens is 649 g/mol. The third-order valence-electron chi connectivity index (χ3n) is 21.4. The molecule has 0 heterocycles. The van der Waals surface area contributed by atoms with E-state index in [9.17, 15) is 0 Å². The molecular formula is C54H90. The summed E-state index contributed by atoms with van der Waals surface area (Å²) < 4.78 is 0. The third kappa shape index (κ3) is 6.74.